The van der Waals surface area contributed by atoms with Gasteiger partial charge in [0.05, 0.1) is 22.9 Å². The highest BCUT2D eigenvalue weighted by Crippen LogP contribution is 2.21. The molecule has 2 aromatic rings. The summed E-state index contributed by atoms with van der Waals surface area (Å²) in [5.41, 5.74) is 3.31. The van der Waals surface area contributed by atoms with Crippen molar-refractivity contribution in [2.75, 3.05) is 18.1 Å². The molecule has 1 saturated heterocycles. The lowest BCUT2D eigenvalue weighted by Gasteiger charge is -2.10. The van der Waals surface area contributed by atoms with Gasteiger partial charge in [-0.15, -0.1) is 0 Å². The van der Waals surface area contributed by atoms with Crippen LogP contribution in [0.4, 0.5) is 0 Å². The van der Waals surface area contributed by atoms with Crippen LogP contribution in [0.3, 0.4) is 0 Å². The lowest BCUT2D eigenvalue weighted by molar-refractivity contribution is 0.519. The molecule has 130 valence electrons. The minimum absolute atomic E-state index is 0.238. The van der Waals surface area contributed by atoms with Crippen molar-refractivity contribution in [2.24, 2.45) is 5.92 Å². The Bertz CT molecular complexity index is 782. The van der Waals surface area contributed by atoms with Crippen molar-refractivity contribution in [1.29, 1.82) is 0 Å². The van der Waals surface area contributed by atoms with Gasteiger partial charge in [-0.05, 0) is 36.9 Å². The fourth-order valence-electron chi connectivity index (χ4n) is 3.20. The molecule has 0 amide bonds. The highest BCUT2D eigenvalue weighted by Gasteiger charge is 2.27. The molecule has 0 aliphatic carbocycles. The minimum Gasteiger partial charge on any atom is -0.312 e. The molecule has 5 nitrogen and oxygen atoms in total. The second-order valence-electron chi connectivity index (χ2n) is 6.87. The van der Waals surface area contributed by atoms with Crippen molar-refractivity contribution in [2.45, 2.75) is 32.7 Å². The number of nitrogens with zero attached hydrogens (tertiary/aromatic N) is 2. The first-order valence-corrected chi connectivity index (χ1v) is 10.3. The lowest BCUT2D eigenvalue weighted by Crippen LogP contribution is -2.23. The summed E-state index contributed by atoms with van der Waals surface area (Å²) in [5, 5.41) is 8.16. The van der Waals surface area contributed by atoms with Crippen LogP contribution in [0.15, 0.2) is 36.5 Å². The van der Waals surface area contributed by atoms with Crippen LogP contribution in [-0.2, 0) is 16.4 Å². The molecule has 1 aliphatic heterocycles. The molecule has 1 fully saturated rings. The standard InChI is InChI=1S/C18H25N3O2S/c1-14(2)18-16(11-19-10-15-8-9-24(22,23)13-15)12-21(20-18)17-6-4-3-5-7-17/h3-7,12,14-15,19H,8-11,13H2,1-2H3/t15-/m1/s1. The molecule has 2 heterocycles. The summed E-state index contributed by atoms with van der Waals surface area (Å²) in [5.74, 6) is 1.24. The summed E-state index contributed by atoms with van der Waals surface area (Å²) in [6.45, 7) is 5.75. The van der Waals surface area contributed by atoms with Crippen LogP contribution in [0.2, 0.25) is 0 Å². The average molecular weight is 347 g/mol. The Kier molecular flexibility index (Phi) is 5.06. The molecule has 0 spiro atoms. The molecule has 1 N–H and O–H groups in total. The third-order valence-corrected chi connectivity index (χ3v) is 6.30. The summed E-state index contributed by atoms with van der Waals surface area (Å²) in [4.78, 5) is 0. The van der Waals surface area contributed by atoms with Crippen LogP contribution in [0.5, 0.6) is 0 Å². The Balaban J connectivity index is 1.67. The molecule has 0 saturated carbocycles. The number of aromatic nitrogens is 2. The highest BCUT2D eigenvalue weighted by atomic mass is 32.2. The van der Waals surface area contributed by atoms with Gasteiger partial charge >= 0.3 is 0 Å². The van der Waals surface area contributed by atoms with Gasteiger partial charge in [-0.3, -0.25) is 0 Å². The Morgan fingerprint density at radius 3 is 2.67 bits per heavy atom. The predicted octanol–water partition coefficient (Wildman–Crippen LogP) is 2.52. The van der Waals surface area contributed by atoms with Crippen molar-refractivity contribution in [3.05, 3.63) is 47.8 Å². The van der Waals surface area contributed by atoms with Gasteiger partial charge in [-0.25, -0.2) is 13.1 Å². The number of para-hydroxylation sites is 1. The maximum absolute atomic E-state index is 11.5. The van der Waals surface area contributed by atoms with Crippen LogP contribution in [0, 0.1) is 5.92 Å². The maximum Gasteiger partial charge on any atom is 0.150 e. The molecule has 24 heavy (non-hydrogen) atoms. The molecule has 1 aromatic heterocycles. The molecule has 0 bridgehead atoms. The van der Waals surface area contributed by atoms with Crippen LogP contribution in [0.1, 0.15) is 37.4 Å². The van der Waals surface area contributed by atoms with Crippen molar-refractivity contribution in [3.8, 4) is 5.69 Å². The molecular weight excluding hydrogens is 322 g/mol. The smallest absolute Gasteiger partial charge is 0.150 e. The van der Waals surface area contributed by atoms with Gasteiger partial charge in [0.25, 0.3) is 0 Å². The Labute approximate surface area is 144 Å². The zero-order chi connectivity index (χ0) is 17.2. The normalized spacial score (nSPS) is 19.9. The van der Waals surface area contributed by atoms with E-state index >= 15 is 0 Å². The third kappa shape index (κ3) is 4.05. The van der Waals surface area contributed by atoms with Gasteiger partial charge in [-0.2, -0.15) is 5.10 Å². The Morgan fingerprint density at radius 2 is 2.04 bits per heavy atom. The molecule has 6 heteroatoms. The molecule has 0 radical (unpaired) electrons. The first-order valence-electron chi connectivity index (χ1n) is 8.49. The quantitative estimate of drug-likeness (QED) is 0.872. The number of benzene rings is 1. The average Bonchev–Trinajstić information content (AvgIpc) is 3.12. The molecule has 3 rings (SSSR count). The van der Waals surface area contributed by atoms with E-state index < -0.39 is 9.84 Å². The van der Waals surface area contributed by atoms with E-state index in [1.807, 2.05) is 35.0 Å². The van der Waals surface area contributed by atoms with E-state index in [4.69, 9.17) is 5.10 Å². The number of hydrogen-bond donors (Lipinski definition) is 1. The number of hydrogen-bond acceptors (Lipinski definition) is 4. The second-order valence-corrected chi connectivity index (χ2v) is 9.10. The van der Waals surface area contributed by atoms with Crippen LogP contribution < -0.4 is 5.32 Å². The summed E-state index contributed by atoms with van der Waals surface area (Å²) in [7, 11) is -2.80. The van der Waals surface area contributed by atoms with Crippen molar-refractivity contribution < 1.29 is 8.42 Å². The van der Waals surface area contributed by atoms with Crippen molar-refractivity contribution >= 4 is 9.84 Å². The topological polar surface area (TPSA) is 64.0 Å². The lowest BCUT2D eigenvalue weighted by atomic mass is 10.1. The summed E-state index contributed by atoms with van der Waals surface area (Å²) < 4.78 is 25.0. The fourth-order valence-corrected chi connectivity index (χ4v) is 5.06. The number of nitrogens with one attached hydrogen (secondary N) is 1. The van der Waals surface area contributed by atoms with E-state index in [1.54, 1.807) is 0 Å². The van der Waals surface area contributed by atoms with E-state index in [1.165, 1.54) is 5.56 Å². The van der Waals surface area contributed by atoms with Crippen molar-refractivity contribution in [3.63, 3.8) is 0 Å². The van der Waals surface area contributed by atoms with E-state index in [-0.39, 0.29) is 5.92 Å². The van der Waals surface area contributed by atoms with Gasteiger partial charge < -0.3 is 5.32 Å². The molecule has 1 aromatic carbocycles. The SMILES string of the molecule is CC(C)c1nn(-c2ccccc2)cc1CNC[C@H]1CCS(=O)(=O)C1. The van der Waals surface area contributed by atoms with Crippen LogP contribution in [0.25, 0.3) is 5.69 Å². The molecule has 0 unspecified atom stereocenters. The highest BCUT2D eigenvalue weighted by molar-refractivity contribution is 7.91. The summed E-state index contributed by atoms with van der Waals surface area (Å²) >= 11 is 0. The first kappa shape index (κ1) is 17.2. The molecule has 1 aliphatic rings. The Morgan fingerprint density at radius 1 is 1.29 bits per heavy atom. The summed E-state index contributed by atoms with van der Waals surface area (Å²) in [6.07, 6.45) is 2.85. The zero-order valence-corrected chi connectivity index (χ0v) is 15.1. The minimum atomic E-state index is -2.80. The largest absolute Gasteiger partial charge is 0.312 e. The van der Waals surface area contributed by atoms with Crippen LogP contribution >= 0.6 is 0 Å². The Hall–Kier alpha value is -1.66. The second kappa shape index (κ2) is 7.07. The third-order valence-electron chi connectivity index (χ3n) is 4.47. The number of rotatable bonds is 6. The predicted molar refractivity (Wildman–Crippen MR) is 96.1 cm³/mol. The molecule has 1 atom stereocenters. The van der Waals surface area contributed by atoms with Gasteiger partial charge in [0.2, 0.25) is 0 Å². The molecular formula is C18H25N3O2S. The van der Waals surface area contributed by atoms with E-state index in [0.29, 0.717) is 17.4 Å². The summed E-state index contributed by atoms with van der Waals surface area (Å²) in [6, 6.07) is 10.1. The van der Waals surface area contributed by atoms with Gasteiger partial charge in [0.15, 0.2) is 9.84 Å². The van der Waals surface area contributed by atoms with E-state index in [2.05, 4.69) is 25.4 Å². The number of sulfone groups is 1. The van der Waals surface area contributed by atoms with E-state index in [9.17, 15) is 8.42 Å². The fraction of sp³-hybridized carbons (Fsp3) is 0.500. The van der Waals surface area contributed by atoms with Gasteiger partial charge in [0.1, 0.15) is 0 Å². The maximum atomic E-state index is 11.5. The monoisotopic (exact) mass is 347 g/mol. The van der Waals surface area contributed by atoms with Gasteiger partial charge in [0, 0.05) is 18.3 Å². The first-order chi connectivity index (χ1) is 11.4. The zero-order valence-electron chi connectivity index (χ0n) is 14.3. The van der Waals surface area contributed by atoms with Crippen molar-refractivity contribution in [1.82, 2.24) is 15.1 Å². The van der Waals surface area contributed by atoms with Crippen LogP contribution in [-0.4, -0.2) is 36.2 Å². The van der Waals surface area contributed by atoms with Gasteiger partial charge in [-0.1, -0.05) is 32.0 Å². The van der Waals surface area contributed by atoms with E-state index in [0.717, 1.165) is 30.9 Å².